The third kappa shape index (κ3) is 4.11. The number of halogens is 2. The monoisotopic (exact) mass is 388 g/mol. The Hall–Kier alpha value is -2.86. The zero-order valence-corrected chi connectivity index (χ0v) is 15.6. The van der Waals surface area contributed by atoms with Crippen LogP contribution in [-0.2, 0) is 16.1 Å². The van der Waals surface area contributed by atoms with Crippen LogP contribution in [-0.4, -0.2) is 34.9 Å². The fraction of sp³-hybridized carbons (Fsp3) is 0.200. The van der Waals surface area contributed by atoms with E-state index in [1.165, 1.54) is 24.0 Å². The topological polar surface area (TPSA) is 62.4 Å². The molecule has 140 valence electrons. The second-order valence-corrected chi connectivity index (χ2v) is 6.61. The van der Waals surface area contributed by atoms with E-state index in [0.29, 0.717) is 16.5 Å². The van der Waals surface area contributed by atoms with E-state index in [2.05, 4.69) is 4.98 Å². The summed E-state index contributed by atoms with van der Waals surface area (Å²) in [6.45, 7) is 1.69. The normalized spacial score (nSPS) is 12.0. The molecule has 0 aliphatic heterocycles. The molecule has 1 aromatic heterocycles. The summed E-state index contributed by atoms with van der Waals surface area (Å²) < 4.78 is 18.5. The molecule has 27 heavy (non-hydrogen) atoms. The Balaban J connectivity index is 1.68. The van der Waals surface area contributed by atoms with E-state index >= 15 is 0 Å². The van der Waals surface area contributed by atoms with Crippen LogP contribution >= 0.6 is 11.6 Å². The number of ether oxygens (including phenoxy) is 1. The van der Waals surface area contributed by atoms with Crippen LogP contribution < -0.4 is 0 Å². The third-order valence-corrected chi connectivity index (χ3v) is 4.56. The SMILES string of the molecule is CC(OC(=O)c1[nH]c2ccccc2c1Cl)C(=O)N(C)Cc1cccc(F)c1. The zero-order valence-electron chi connectivity index (χ0n) is 14.8. The molecule has 1 unspecified atom stereocenters. The molecule has 5 nitrogen and oxygen atoms in total. The second-order valence-electron chi connectivity index (χ2n) is 6.23. The van der Waals surface area contributed by atoms with Crippen LogP contribution in [0, 0.1) is 5.82 Å². The predicted octanol–water partition coefficient (Wildman–Crippen LogP) is 4.16. The van der Waals surface area contributed by atoms with Crippen LogP contribution in [0.4, 0.5) is 4.39 Å². The Kier molecular flexibility index (Phi) is 5.46. The highest BCUT2D eigenvalue weighted by molar-refractivity contribution is 6.38. The van der Waals surface area contributed by atoms with Crippen LogP contribution in [0.5, 0.6) is 0 Å². The van der Waals surface area contributed by atoms with Crippen molar-refractivity contribution in [3.63, 3.8) is 0 Å². The van der Waals surface area contributed by atoms with Gasteiger partial charge in [-0.1, -0.05) is 41.9 Å². The average molecular weight is 389 g/mol. The van der Waals surface area contributed by atoms with Crippen molar-refractivity contribution >= 4 is 34.4 Å². The molecule has 2 aromatic carbocycles. The van der Waals surface area contributed by atoms with Gasteiger partial charge in [0.2, 0.25) is 0 Å². The fourth-order valence-corrected chi connectivity index (χ4v) is 3.10. The molecule has 0 spiro atoms. The number of fused-ring (bicyclic) bond motifs is 1. The minimum atomic E-state index is -1.02. The third-order valence-electron chi connectivity index (χ3n) is 4.16. The Morgan fingerprint density at radius 3 is 2.67 bits per heavy atom. The lowest BCUT2D eigenvalue weighted by Crippen LogP contribution is -2.37. The Morgan fingerprint density at radius 1 is 1.22 bits per heavy atom. The van der Waals surface area contributed by atoms with Crippen molar-refractivity contribution in [1.29, 1.82) is 0 Å². The highest BCUT2D eigenvalue weighted by Crippen LogP contribution is 2.27. The zero-order chi connectivity index (χ0) is 19.6. The van der Waals surface area contributed by atoms with Crippen molar-refractivity contribution in [1.82, 2.24) is 9.88 Å². The van der Waals surface area contributed by atoms with E-state index < -0.39 is 18.0 Å². The van der Waals surface area contributed by atoms with Gasteiger partial charge in [0.25, 0.3) is 5.91 Å². The first-order valence-electron chi connectivity index (χ1n) is 8.33. The smallest absolute Gasteiger partial charge is 0.357 e. The molecular weight excluding hydrogens is 371 g/mol. The van der Waals surface area contributed by atoms with Gasteiger partial charge in [-0.15, -0.1) is 0 Å². The fourth-order valence-electron chi connectivity index (χ4n) is 2.82. The minimum absolute atomic E-state index is 0.102. The summed E-state index contributed by atoms with van der Waals surface area (Å²) >= 11 is 6.24. The highest BCUT2D eigenvalue weighted by atomic mass is 35.5. The largest absolute Gasteiger partial charge is 0.448 e. The molecule has 0 radical (unpaired) electrons. The summed E-state index contributed by atoms with van der Waals surface area (Å²) in [5.74, 6) is -1.49. The van der Waals surface area contributed by atoms with Crippen molar-refractivity contribution in [2.24, 2.45) is 0 Å². The van der Waals surface area contributed by atoms with Crippen molar-refractivity contribution in [3.05, 3.63) is 70.6 Å². The van der Waals surface area contributed by atoms with Gasteiger partial charge in [-0.3, -0.25) is 4.79 Å². The van der Waals surface area contributed by atoms with Crippen LogP contribution in [0.2, 0.25) is 5.02 Å². The quantitative estimate of drug-likeness (QED) is 0.667. The number of aromatic nitrogens is 1. The number of amides is 1. The van der Waals surface area contributed by atoms with E-state index in [4.69, 9.17) is 16.3 Å². The first kappa shape index (κ1) is 18.9. The lowest BCUT2D eigenvalue weighted by Gasteiger charge is -2.21. The lowest BCUT2D eigenvalue weighted by atomic mass is 10.2. The number of benzene rings is 2. The van der Waals surface area contributed by atoms with Gasteiger partial charge in [-0.2, -0.15) is 0 Å². The van der Waals surface area contributed by atoms with Crippen molar-refractivity contribution in [3.8, 4) is 0 Å². The first-order valence-corrected chi connectivity index (χ1v) is 8.71. The number of carbonyl (C=O) groups excluding carboxylic acids is 2. The number of esters is 1. The number of carbonyl (C=O) groups is 2. The van der Waals surface area contributed by atoms with E-state index in [9.17, 15) is 14.0 Å². The molecule has 0 aliphatic carbocycles. The summed E-state index contributed by atoms with van der Waals surface area (Å²) in [6, 6.07) is 13.2. The maximum Gasteiger partial charge on any atom is 0.357 e. The van der Waals surface area contributed by atoms with Crippen LogP contribution in [0.1, 0.15) is 23.0 Å². The van der Waals surface area contributed by atoms with Crippen LogP contribution in [0.25, 0.3) is 10.9 Å². The van der Waals surface area contributed by atoms with Crippen molar-refractivity contribution < 1.29 is 18.7 Å². The number of aromatic amines is 1. The highest BCUT2D eigenvalue weighted by Gasteiger charge is 2.25. The van der Waals surface area contributed by atoms with E-state index in [1.807, 2.05) is 12.1 Å². The number of nitrogens with one attached hydrogen (secondary N) is 1. The van der Waals surface area contributed by atoms with Gasteiger partial charge < -0.3 is 14.6 Å². The summed E-state index contributed by atoms with van der Waals surface area (Å²) in [7, 11) is 1.56. The van der Waals surface area contributed by atoms with Crippen LogP contribution in [0.3, 0.4) is 0 Å². The van der Waals surface area contributed by atoms with Crippen LogP contribution in [0.15, 0.2) is 48.5 Å². The Labute approximate surface area is 160 Å². The van der Waals surface area contributed by atoms with Gasteiger partial charge >= 0.3 is 5.97 Å². The van der Waals surface area contributed by atoms with Gasteiger partial charge in [0.15, 0.2) is 6.10 Å². The standard InChI is InChI=1S/C20H18ClFN2O3/c1-12(19(25)24(2)11-13-6-5-7-14(22)10-13)27-20(26)18-17(21)15-8-3-4-9-16(15)23-18/h3-10,12,23H,11H2,1-2H3. The molecule has 3 rings (SSSR count). The van der Waals surface area contributed by atoms with Gasteiger partial charge in [0, 0.05) is 24.5 Å². The first-order chi connectivity index (χ1) is 12.9. The number of likely N-dealkylation sites (N-methyl/N-ethyl adjacent to an activating group) is 1. The predicted molar refractivity (Wildman–Crippen MR) is 101 cm³/mol. The summed E-state index contributed by atoms with van der Waals surface area (Å²) in [4.78, 5) is 29.2. The molecule has 0 fully saturated rings. The number of hydrogen-bond acceptors (Lipinski definition) is 3. The summed E-state index contributed by atoms with van der Waals surface area (Å²) in [5, 5.41) is 0.955. The molecule has 3 aromatic rings. The molecule has 0 bridgehead atoms. The molecule has 0 saturated heterocycles. The van der Waals surface area contributed by atoms with Crippen molar-refractivity contribution in [2.45, 2.75) is 19.6 Å². The van der Waals surface area contributed by atoms with Gasteiger partial charge in [-0.25, -0.2) is 9.18 Å². The van der Waals surface area contributed by atoms with E-state index in [1.54, 1.807) is 31.3 Å². The van der Waals surface area contributed by atoms with E-state index in [0.717, 1.165) is 0 Å². The summed E-state index contributed by atoms with van der Waals surface area (Å²) in [5.41, 5.74) is 1.45. The molecule has 1 N–H and O–H groups in total. The minimum Gasteiger partial charge on any atom is -0.448 e. The molecular formula is C20H18ClFN2O3. The number of hydrogen-bond donors (Lipinski definition) is 1. The summed E-state index contributed by atoms with van der Waals surface area (Å²) in [6.07, 6.45) is -1.02. The molecule has 0 saturated carbocycles. The molecule has 1 heterocycles. The maximum atomic E-state index is 13.3. The Morgan fingerprint density at radius 2 is 1.96 bits per heavy atom. The second kappa shape index (κ2) is 7.80. The lowest BCUT2D eigenvalue weighted by molar-refractivity contribution is -0.139. The van der Waals surface area contributed by atoms with Gasteiger partial charge in [-0.05, 0) is 30.7 Å². The van der Waals surface area contributed by atoms with E-state index in [-0.39, 0.29) is 23.1 Å². The van der Waals surface area contributed by atoms with Gasteiger partial charge in [0.1, 0.15) is 11.5 Å². The number of H-pyrrole nitrogens is 1. The maximum absolute atomic E-state index is 13.3. The Bertz CT molecular complexity index is 1000. The van der Waals surface area contributed by atoms with Crippen molar-refractivity contribution in [2.75, 3.05) is 7.05 Å². The average Bonchev–Trinajstić information content (AvgIpc) is 2.98. The molecule has 1 atom stereocenters. The number of nitrogens with zero attached hydrogens (tertiary/aromatic N) is 1. The molecule has 0 aliphatic rings. The number of para-hydroxylation sites is 1. The molecule has 7 heteroatoms. The number of rotatable bonds is 5. The molecule has 1 amide bonds. The van der Waals surface area contributed by atoms with Gasteiger partial charge in [0.05, 0.1) is 5.02 Å².